The second kappa shape index (κ2) is 7.92. The van der Waals surface area contributed by atoms with E-state index in [0.29, 0.717) is 5.76 Å². The van der Waals surface area contributed by atoms with Crippen LogP contribution in [0.25, 0.3) is 0 Å². The summed E-state index contributed by atoms with van der Waals surface area (Å²) in [6.07, 6.45) is 1.46. The lowest BCUT2D eigenvalue weighted by Crippen LogP contribution is -2.22. The first-order chi connectivity index (χ1) is 13.4. The predicted molar refractivity (Wildman–Crippen MR) is 99.3 cm³/mol. The molecule has 1 heterocycles. The number of non-ortho nitro benzene ring substituents is 1. The second-order valence-electron chi connectivity index (χ2n) is 5.60. The van der Waals surface area contributed by atoms with Gasteiger partial charge in [0.15, 0.2) is 0 Å². The molecule has 2 aromatic carbocycles. The number of nitro groups is 1. The molecular formula is C18H14N3O6S-. The Morgan fingerprint density at radius 3 is 2.43 bits per heavy atom. The predicted octanol–water partition coefficient (Wildman–Crippen LogP) is 2.30. The smallest absolute Gasteiger partial charge is 0.269 e. The average Bonchev–Trinajstić information content (AvgIpc) is 3.20. The third-order valence-corrected chi connectivity index (χ3v) is 5.10. The summed E-state index contributed by atoms with van der Waals surface area (Å²) in [5.41, 5.74) is -0.111. The van der Waals surface area contributed by atoms with Gasteiger partial charge in [-0.2, -0.15) is 0 Å². The number of benzene rings is 2. The van der Waals surface area contributed by atoms with Crippen LogP contribution in [0.2, 0.25) is 0 Å². The van der Waals surface area contributed by atoms with Gasteiger partial charge >= 0.3 is 0 Å². The molecule has 0 atom stereocenters. The molecule has 0 aliphatic heterocycles. The Hall–Kier alpha value is -3.66. The minimum Gasteiger partial charge on any atom is -0.858 e. The molecular weight excluding hydrogens is 386 g/mol. The fourth-order valence-corrected chi connectivity index (χ4v) is 3.43. The monoisotopic (exact) mass is 400 g/mol. The highest BCUT2D eigenvalue weighted by molar-refractivity contribution is 7.92. The zero-order valence-corrected chi connectivity index (χ0v) is 15.1. The molecule has 9 nitrogen and oxygen atoms in total. The van der Waals surface area contributed by atoms with Gasteiger partial charge in [-0.15, -0.1) is 0 Å². The molecule has 0 saturated carbocycles. The third kappa shape index (κ3) is 4.35. The van der Waals surface area contributed by atoms with Crippen LogP contribution in [0.5, 0.6) is 0 Å². The molecule has 1 N–H and O–H groups in total. The van der Waals surface area contributed by atoms with Crippen molar-refractivity contribution in [3.63, 3.8) is 0 Å². The summed E-state index contributed by atoms with van der Waals surface area (Å²) in [6, 6.07) is 13.8. The number of furan rings is 1. The van der Waals surface area contributed by atoms with Gasteiger partial charge in [0.2, 0.25) is 0 Å². The Balaban J connectivity index is 1.86. The molecule has 0 unspecified atom stereocenters. The standard InChI is InChI=1S/C18H15N3O6S/c22-18(19-12-14-4-3-11-27-14)16-5-1-2-6-17(16)20-28(25,26)15-9-7-13(8-10-15)21(23)24/h1-11,20H,12H2,(H,19,22)/p-1. The highest BCUT2D eigenvalue weighted by atomic mass is 32.2. The molecule has 0 radical (unpaired) electrons. The summed E-state index contributed by atoms with van der Waals surface area (Å²) in [6.45, 7) is 0.0231. The lowest BCUT2D eigenvalue weighted by molar-refractivity contribution is -0.384. The maximum atomic E-state index is 12.6. The van der Waals surface area contributed by atoms with Crippen LogP contribution in [-0.4, -0.2) is 19.2 Å². The summed E-state index contributed by atoms with van der Waals surface area (Å²) >= 11 is 0. The van der Waals surface area contributed by atoms with Crippen molar-refractivity contribution in [2.45, 2.75) is 11.4 Å². The number of aliphatic imine (C=N–C) groups is 1. The summed E-state index contributed by atoms with van der Waals surface area (Å²) in [4.78, 5) is 13.8. The normalized spacial score (nSPS) is 11.9. The number of sulfonamides is 1. The number of hydrogen-bond donors (Lipinski definition) is 1. The van der Waals surface area contributed by atoms with Crippen LogP contribution in [0.15, 0.2) is 81.2 Å². The van der Waals surface area contributed by atoms with Crippen molar-refractivity contribution in [1.29, 1.82) is 0 Å². The Kier molecular flexibility index (Phi) is 5.41. The molecule has 0 saturated heterocycles. The molecule has 3 aromatic rings. The number of anilines is 1. The van der Waals surface area contributed by atoms with Crippen LogP contribution in [0.1, 0.15) is 11.3 Å². The van der Waals surface area contributed by atoms with E-state index in [0.717, 1.165) is 24.3 Å². The van der Waals surface area contributed by atoms with Crippen molar-refractivity contribution in [3.05, 3.63) is 88.4 Å². The first-order valence-electron chi connectivity index (χ1n) is 7.97. The van der Waals surface area contributed by atoms with Crippen molar-refractivity contribution in [2.24, 2.45) is 4.99 Å². The van der Waals surface area contributed by atoms with Crippen molar-refractivity contribution < 1.29 is 22.9 Å². The number of rotatable bonds is 7. The molecule has 0 amide bonds. The van der Waals surface area contributed by atoms with E-state index in [1.165, 1.54) is 18.4 Å². The van der Waals surface area contributed by atoms with Crippen LogP contribution >= 0.6 is 0 Å². The van der Waals surface area contributed by atoms with Gasteiger partial charge in [0, 0.05) is 17.7 Å². The van der Waals surface area contributed by atoms with Crippen molar-refractivity contribution in [1.82, 2.24) is 0 Å². The lowest BCUT2D eigenvalue weighted by Gasteiger charge is -2.17. The van der Waals surface area contributed by atoms with E-state index in [2.05, 4.69) is 9.71 Å². The van der Waals surface area contributed by atoms with Crippen LogP contribution in [0.4, 0.5) is 11.4 Å². The van der Waals surface area contributed by atoms with Crippen molar-refractivity contribution >= 4 is 27.3 Å². The minimum absolute atomic E-state index is 0.0231. The second-order valence-corrected chi connectivity index (χ2v) is 7.29. The molecule has 144 valence electrons. The number of nitrogens with zero attached hydrogens (tertiary/aromatic N) is 2. The quantitative estimate of drug-likeness (QED) is 0.279. The van der Waals surface area contributed by atoms with Gasteiger partial charge < -0.3 is 9.52 Å². The molecule has 0 aliphatic rings. The van der Waals surface area contributed by atoms with E-state index in [1.54, 1.807) is 24.3 Å². The molecule has 10 heteroatoms. The van der Waals surface area contributed by atoms with Crippen molar-refractivity contribution in [3.8, 4) is 0 Å². The summed E-state index contributed by atoms with van der Waals surface area (Å²) in [5.74, 6) is -0.115. The molecule has 1 aromatic heterocycles. The van der Waals surface area contributed by atoms with E-state index in [-0.39, 0.29) is 28.4 Å². The van der Waals surface area contributed by atoms with Crippen LogP contribution < -0.4 is 9.83 Å². The molecule has 0 spiro atoms. The number of para-hydroxylation sites is 1. The highest BCUT2D eigenvalue weighted by Gasteiger charge is 2.17. The summed E-state index contributed by atoms with van der Waals surface area (Å²) < 4.78 is 32.6. The zero-order valence-electron chi connectivity index (χ0n) is 14.3. The zero-order chi connectivity index (χ0) is 20.1. The van der Waals surface area contributed by atoms with E-state index in [4.69, 9.17) is 4.42 Å². The first-order valence-corrected chi connectivity index (χ1v) is 9.45. The number of hydrogen-bond acceptors (Lipinski definition) is 7. The van der Waals surface area contributed by atoms with Gasteiger partial charge in [-0.25, -0.2) is 8.42 Å². The SMILES string of the molecule is O=[N+]([O-])c1ccc(S(=O)(=O)Nc2ccccc2C([O-])=NCc2ccco2)cc1. The van der Waals surface area contributed by atoms with E-state index in [1.807, 2.05) is 0 Å². The topological polar surface area (TPSA) is 138 Å². The number of nitro benzene ring substituents is 1. The first kappa shape index (κ1) is 19.1. The minimum atomic E-state index is -4.05. The maximum Gasteiger partial charge on any atom is 0.269 e. The van der Waals surface area contributed by atoms with Gasteiger partial charge in [0.25, 0.3) is 15.7 Å². The molecule has 0 bridgehead atoms. The van der Waals surface area contributed by atoms with Gasteiger partial charge in [0.05, 0.1) is 28.3 Å². The largest absolute Gasteiger partial charge is 0.858 e. The highest BCUT2D eigenvalue weighted by Crippen LogP contribution is 2.22. The van der Waals surface area contributed by atoms with Gasteiger partial charge in [0.1, 0.15) is 5.76 Å². The Morgan fingerprint density at radius 1 is 1.07 bits per heavy atom. The van der Waals surface area contributed by atoms with E-state index in [9.17, 15) is 23.6 Å². The molecule has 0 fully saturated rings. The average molecular weight is 400 g/mol. The van der Waals surface area contributed by atoms with Gasteiger partial charge in [-0.3, -0.25) is 19.8 Å². The molecule has 28 heavy (non-hydrogen) atoms. The maximum absolute atomic E-state index is 12.6. The van der Waals surface area contributed by atoms with E-state index < -0.39 is 20.8 Å². The van der Waals surface area contributed by atoms with Gasteiger partial charge in [-0.05, 0) is 36.2 Å². The van der Waals surface area contributed by atoms with E-state index >= 15 is 0 Å². The Morgan fingerprint density at radius 2 is 1.79 bits per heavy atom. The van der Waals surface area contributed by atoms with Gasteiger partial charge in [-0.1, -0.05) is 18.2 Å². The summed E-state index contributed by atoms with van der Waals surface area (Å²) in [7, 11) is -4.05. The molecule has 3 rings (SSSR count). The fraction of sp³-hybridized carbons (Fsp3) is 0.0556. The molecule has 0 aliphatic carbocycles. The van der Waals surface area contributed by atoms with Crippen molar-refractivity contribution in [2.75, 3.05) is 4.72 Å². The number of nitrogens with one attached hydrogen (secondary N) is 1. The lowest BCUT2D eigenvalue weighted by atomic mass is 10.2. The third-order valence-electron chi connectivity index (χ3n) is 3.72. The fourth-order valence-electron chi connectivity index (χ4n) is 2.35. The Labute approximate surface area is 160 Å². The Bertz CT molecular complexity index is 1110. The van der Waals surface area contributed by atoms with Crippen LogP contribution in [0, 0.1) is 10.1 Å². The van der Waals surface area contributed by atoms with Crippen LogP contribution in [0.3, 0.4) is 0 Å². The van der Waals surface area contributed by atoms with Crippen LogP contribution in [-0.2, 0) is 16.6 Å². The summed E-state index contributed by atoms with van der Waals surface area (Å²) in [5, 5.41) is 23.1.